The fourth-order valence-corrected chi connectivity index (χ4v) is 3.71. The third-order valence-corrected chi connectivity index (χ3v) is 5.41. The maximum absolute atomic E-state index is 12.9. The Morgan fingerprint density at radius 1 is 1.00 bits per heavy atom. The molecule has 0 spiro atoms. The molecule has 0 atom stereocenters. The van der Waals surface area contributed by atoms with E-state index in [9.17, 15) is 4.79 Å². The van der Waals surface area contributed by atoms with Gasteiger partial charge in [0.15, 0.2) is 11.5 Å². The van der Waals surface area contributed by atoms with Gasteiger partial charge in [-0.3, -0.25) is 0 Å². The van der Waals surface area contributed by atoms with E-state index in [1.807, 2.05) is 42.5 Å². The lowest BCUT2D eigenvalue weighted by molar-refractivity contribution is 0.0692. The van der Waals surface area contributed by atoms with Gasteiger partial charge in [0.05, 0.1) is 25.9 Å². The lowest BCUT2D eigenvalue weighted by Crippen LogP contribution is -2.40. The molecule has 0 saturated carbocycles. The van der Waals surface area contributed by atoms with Crippen LogP contribution >= 0.6 is 12.2 Å². The average Bonchev–Trinajstić information content (AvgIpc) is 2.78. The Bertz CT molecular complexity index is 1050. The summed E-state index contributed by atoms with van der Waals surface area (Å²) >= 11 is 5.64. The number of nitrogens with zero attached hydrogens (tertiary/aromatic N) is 1. The summed E-state index contributed by atoms with van der Waals surface area (Å²) < 4.78 is 16.5. The number of carbonyl (C=O) groups is 1. The van der Waals surface area contributed by atoms with Crippen LogP contribution in [0.4, 0.5) is 0 Å². The highest BCUT2D eigenvalue weighted by molar-refractivity contribution is 7.80. The van der Waals surface area contributed by atoms with Gasteiger partial charge in [-0.15, -0.1) is 0 Å². The molecule has 1 aliphatic heterocycles. The minimum absolute atomic E-state index is 0.346. The van der Waals surface area contributed by atoms with Crippen molar-refractivity contribution in [2.24, 2.45) is 0 Å². The quantitative estimate of drug-likeness (QED) is 0.369. The van der Waals surface area contributed by atoms with Crippen LogP contribution in [0.15, 0.2) is 60.7 Å². The molecule has 4 rings (SSSR count). The molecule has 29 heavy (non-hydrogen) atoms. The highest BCUT2D eigenvalue weighted by atomic mass is 32.1. The first-order chi connectivity index (χ1) is 14.2. The van der Waals surface area contributed by atoms with Gasteiger partial charge >= 0.3 is 5.97 Å². The Hall–Kier alpha value is -2.96. The molecular formula is C23H21NO4S. The summed E-state index contributed by atoms with van der Waals surface area (Å²) in [5, 5.41) is 1.83. The Labute approximate surface area is 174 Å². The number of esters is 1. The summed E-state index contributed by atoms with van der Waals surface area (Å²) in [6, 6.07) is 18.7. The third-order valence-electron chi connectivity index (χ3n) is 4.92. The summed E-state index contributed by atoms with van der Waals surface area (Å²) in [5.74, 6) is 0.389. The molecule has 1 fully saturated rings. The van der Waals surface area contributed by atoms with Gasteiger partial charge in [0.25, 0.3) is 0 Å². The molecule has 0 unspecified atom stereocenters. The highest BCUT2D eigenvalue weighted by Crippen LogP contribution is 2.30. The smallest absolute Gasteiger partial charge is 0.344 e. The number of morpholine rings is 1. The summed E-state index contributed by atoms with van der Waals surface area (Å²) in [4.78, 5) is 15.7. The second kappa shape index (κ2) is 8.59. The van der Waals surface area contributed by atoms with Crippen LogP contribution in [0.1, 0.15) is 15.9 Å². The van der Waals surface area contributed by atoms with Crippen molar-refractivity contribution in [1.82, 2.24) is 4.90 Å². The largest absolute Gasteiger partial charge is 0.493 e. The minimum Gasteiger partial charge on any atom is -0.493 e. The zero-order chi connectivity index (χ0) is 20.2. The SMILES string of the molecule is COc1ccc(C(=S)N2CCOCC2)cc1OC(=O)c1cccc2ccccc12. The van der Waals surface area contributed by atoms with Crippen molar-refractivity contribution in [1.29, 1.82) is 0 Å². The molecule has 5 nitrogen and oxygen atoms in total. The van der Waals surface area contributed by atoms with Gasteiger partial charge in [-0.25, -0.2) is 4.79 Å². The average molecular weight is 407 g/mol. The predicted molar refractivity (Wildman–Crippen MR) is 116 cm³/mol. The summed E-state index contributed by atoms with van der Waals surface area (Å²) in [7, 11) is 1.55. The summed E-state index contributed by atoms with van der Waals surface area (Å²) in [6.07, 6.45) is 0. The molecule has 148 valence electrons. The van der Waals surface area contributed by atoms with E-state index in [1.54, 1.807) is 25.3 Å². The molecule has 0 aliphatic carbocycles. The summed E-state index contributed by atoms with van der Waals surface area (Å²) in [5.41, 5.74) is 1.31. The van der Waals surface area contributed by atoms with E-state index in [-0.39, 0.29) is 0 Å². The normalized spacial score (nSPS) is 13.9. The van der Waals surface area contributed by atoms with Crippen LogP contribution in [-0.2, 0) is 4.74 Å². The number of methoxy groups -OCH3 is 1. The van der Waals surface area contributed by atoms with Crippen molar-refractivity contribution >= 4 is 33.9 Å². The minimum atomic E-state index is -0.436. The number of benzene rings is 3. The van der Waals surface area contributed by atoms with E-state index in [2.05, 4.69) is 4.90 Å². The van der Waals surface area contributed by atoms with Crippen molar-refractivity contribution in [3.63, 3.8) is 0 Å². The van der Waals surface area contributed by atoms with Crippen LogP contribution in [-0.4, -0.2) is 49.3 Å². The number of ether oxygens (including phenoxy) is 3. The van der Waals surface area contributed by atoms with E-state index in [4.69, 9.17) is 26.4 Å². The lowest BCUT2D eigenvalue weighted by atomic mass is 10.0. The Morgan fingerprint density at radius 2 is 1.76 bits per heavy atom. The van der Waals surface area contributed by atoms with Crippen LogP contribution in [0.5, 0.6) is 11.5 Å². The monoisotopic (exact) mass is 407 g/mol. The first-order valence-corrected chi connectivity index (χ1v) is 9.83. The standard InChI is InChI=1S/C23H21NO4S/c1-26-20-10-9-17(22(29)24-11-13-27-14-12-24)15-21(20)28-23(25)19-8-4-6-16-5-2-3-7-18(16)19/h2-10,15H,11-14H2,1H3. The lowest BCUT2D eigenvalue weighted by Gasteiger charge is -2.29. The number of thiocarbonyl (C=S) groups is 1. The van der Waals surface area contributed by atoms with Crippen LogP contribution < -0.4 is 9.47 Å². The number of hydrogen-bond donors (Lipinski definition) is 0. The van der Waals surface area contributed by atoms with Gasteiger partial charge in [0.2, 0.25) is 0 Å². The maximum atomic E-state index is 12.9. The van der Waals surface area contributed by atoms with Gasteiger partial charge < -0.3 is 19.1 Å². The summed E-state index contributed by atoms with van der Waals surface area (Å²) in [6.45, 7) is 2.80. The van der Waals surface area contributed by atoms with Crippen LogP contribution in [0.2, 0.25) is 0 Å². The fraction of sp³-hybridized carbons (Fsp3) is 0.217. The molecule has 0 amide bonds. The first kappa shape index (κ1) is 19.4. The Morgan fingerprint density at radius 3 is 2.55 bits per heavy atom. The van der Waals surface area contributed by atoms with Crippen molar-refractivity contribution in [3.05, 3.63) is 71.8 Å². The molecule has 0 N–H and O–H groups in total. The van der Waals surface area contributed by atoms with Crippen LogP contribution in [0.3, 0.4) is 0 Å². The molecule has 3 aromatic rings. The van der Waals surface area contributed by atoms with Crippen molar-refractivity contribution < 1.29 is 19.0 Å². The van der Waals surface area contributed by atoms with Crippen molar-refractivity contribution in [3.8, 4) is 11.5 Å². The highest BCUT2D eigenvalue weighted by Gasteiger charge is 2.19. The predicted octanol–water partition coefficient (Wildman–Crippen LogP) is 4.08. The zero-order valence-electron chi connectivity index (χ0n) is 16.1. The zero-order valence-corrected chi connectivity index (χ0v) is 16.9. The van der Waals surface area contributed by atoms with E-state index >= 15 is 0 Å². The van der Waals surface area contributed by atoms with Gasteiger partial charge in [0, 0.05) is 18.7 Å². The van der Waals surface area contributed by atoms with Crippen LogP contribution in [0.25, 0.3) is 10.8 Å². The van der Waals surface area contributed by atoms with Gasteiger partial charge in [-0.05, 0) is 35.0 Å². The maximum Gasteiger partial charge on any atom is 0.344 e. The molecule has 3 aromatic carbocycles. The molecule has 0 bridgehead atoms. The molecule has 1 saturated heterocycles. The van der Waals surface area contributed by atoms with E-state index in [1.165, 1.54) is 0 Å². The Kier molecular flexibility index (Phi) is 5.74. The number of fused-ring (bicyclic) bond motifs is 1. The van der Waals surface area contributed by atoms with Gasteiger partial charge in [0.1, 0.15) is 4.99 Å². The molecule has 1 aliphatic rings. The van der Waals surface area contributed by atoms with E-state index < -0.39 is 5.97 Å². The molecular weight excluding hydrogens is 386 g/mol. The fourth-order valence-electron chi connectivity index (χ4n) is 3.40. The number of rotatable bonds is 4. The van der Waals surface area contributed by atoms with Gasteiger partial charge in [-0.1, -0.05) is 48.6 Å². The molecule has 0 radical (unpaired) electrons. The van der Waals surface area contributed by atoms with E-state index in [0.717, 1.165) is 29.4 Å². The number of carbonyl (C=O) groups excluding carboxylic acids is 1. The first-order valence-electron chi connectivity index (χ1n) is 9.42. The second-order valence-electron chi connectivity index (χ2n) is 6.69. The van der Waals surface area contributed by atoms with Gasteiger partial charge in [-0.2, -0.15) is 0 Å². The molecule has 0 aromatic heterocycles. The van der Waals surface area contributed by atoms with Crippen molar-refractivity contribution in [2.45, 2.75) is 0 Å². The second-order valence-corrected chi connectivity index (χ2v) is 7.07. The Balaban J connectivity index is 1.63. The number of hydrogen-bond acceptors (Lipinski definition) is 5. The van der Waals surface area contributed by atoms with E-state index in [0.29, 0.717) is 35.3 Å². The topological polar surface area (TPSA) is 48.0 Å². The molecule has 1 heterocycles. The van der Waals surface area contributed by atoms with Crippen molar-refractivity contribution in [2.75, 3.05) is 33.4 Å². The molecule has 6 heteroatoms. The third kappa shape index (κ3) is 4.09. The van der Waals surface area contributed by atoms with Crippen LogP contribution in [0, 0.1) is 0 Å².